The van der Waals surface area contributed by atoms with Gasteiger partial charge < -0.3 is 5.32 Å². The average molecular weight is 254 g/mol. The molecular formula is C14H20ClNO. The maximum absolute atomic E-state index is 12.4. The second-order valence-corrected chi connectivity index (χ2v) is 4.66. The summed E-state index contributed by atoms with van der Waals surface area (Å²) >= 11 is 0. The highest BCUT2D eigenvalue weighted by Crippen LogP contribution is 2.22. The average Bonchev–Trinajstić information content (AvgIpc) is 2.30. The van der Waals surface area contributed by atoms with Gasteiger partial charge in [-0.1, -0.05) is 18.2 Å². The first-order chi connectivity index (χ1) is 7.70. The van der Waals surface area contributed by atoms with Gasteiger partial charge in [-0.05, 0) is 50.9 Å². The molecule has 2 rings (SSSR count). The van der Waals surface area contributed by atoms with Crippen molar-refractivity contribution in [1.29, 1.82) is 0 Å². The summed E-state index contributed by atoms with van der Waals surface area (Å²) in [6.45, 7) is 6.01. The summed E-state index contributed by atoms with van der Waals surface area (Å²) in [6, 6.07) is 6.08. The SMILES string of the molecule is Cc1cccc(C)c1C(=O)C1CCNCC1.Cl. The lowest BCUT2D eigenvalue weighted by atomic mass is 9.86. The van der Waals surface area contributed by atoms with Gasteiger partial charge in [0.2, 0.25) is 0 Å². The third kappa shape index (κ3) is 3.08. The number of aryl methyl sites for hydroxylation is 2. The van der Waals surface area contributed by atoms with Gasteiger partial charge in [0.05, 0.1) is 0 Å². The minimum Gasteiger partial charge on any atom is -0.317 e. The first-order valence-electron chi connectivity index (χ1n) is 6.01. The fraction of sp³-hybridized carbons (Fsp3) is 0.500. The van der Waals surface area contributed by atoms with Crippen molar-refractivity contribution in [3.8, 4) is 0 Å². The lowest BCUT2D eigenvalue weighted by Gasteiger charge is -2.22. The largest absolute Gasteiger partial charge is 0.317 e. The monoisotopic (exact) mass is 253 g/mol. The smallest absolute Gasteiger partial charge is 0.166 e. The van der Waals surface area contributed by atoms with E-state index in [4.69, 9.17) is 0 Å². The first kappa shape index (κ1) is 14.2. The Balaban J connectivity index is 0.00000144. The number of carbonyl (C=O) groups is 1. The molecule has 0 aliphatic carbocycles. The van der Waals surface area contributed by atoms with Crippen LogP contribution in [0.2, 0.25) is 0 Å². The van der Waals surface area contributed by atoms with E-state index in [9.17, 15) is 4.79 Å². The van der Waals surface area contributed by atoms with Crippen molar-refractivity contribution in [3.05, 3.63) is 34.9 Å². The standard InChI is InChI=1S/C14H19NO.ClH/c1-10-4-3-5-11(2)13(10)14(16)12-6-8-15-9-7-12;/h3-5,12,15H,6-9H2,1-2H3;1H. The molecule has 3 heteroatoms. The number of halogens is 1. The minimum atomic E-state index is 0. The number of nitrogens with one attached hydrogen (secondary N) is 1. The van der Waals surface area contributed by atoms with Gasteiger partial charge in [0.25, 0.3) is 0 Å². The first-order valence-corrected chi connectivity index (χ1v) is 6.01. The van der Waals surface area contributed by atoms with Crippen molar-refractivity contribution in [2.24, 2.45) is 5.92 Å². The highest BCUT2D eigenvalue weighted by Gasteiger charge is 2.24. The third-order valence-corrected chi connectivity index (χ3v) is 3.44. The number of piperidine rings is 1. The van der Waals surface area contributed by atoms with Crippen LogP contribution in [-0.2, 0) is 0 Å². The van der Waals surface area contributed by atoms with E-state index in [0.29, 0.717) is 5.78 Å². The fourth-order valence-corrected chi connectivity index (χ4v) is 2.49. The van der Waals surface area contributed by atoms with E-state index in [-0.39, 0.29) is 18.3 Å². The van der Waals surface area contributed by atoms with Crippen LogP contribution < -0.4 is 5.32 Å². The van der Waals surface area contributed by atoms with Crippen molar-refractivity contribution >= 4 is 18.2 Å². The van der Waals surface area contributed by atoms with Gasteiger partial charge in [-0.3, -0.25) is 4.79 Å². The van der Waals surface area contributed by atoms with Gasteiger partial charge >= 0.3 is 0 Å². The van der Waals surface area contributed by atoms with E-state index < -0.39 is 0 Å². The summed E-state index contributed by atoms with van der Waals surface area (Å²) in [5, 5.41) is 3.30. The number of hydrogen-bond donors (Lipinski definition) is 1. The fourth-order valence-electron chi connectivity index (χ4n) is 2.49. The minimum absolute atomic E-state index is 0. The summed E-state index contributed by atoms with van der Waals surface area (Å²) in [6.07, 6.45) is 1.96. The maximum atomic E-state index is 12.4. The van der Waals surface area contributed by atoms with Gasteiger partial charge in [0.1, 0.15) is 0 Å². The summed E-state index contributed by atoms with van der Waals surface area (Å²) in [7, 11) is 0. The molecule has 0 aromatic heterocycles. The Labute approximate surface area is 109 Å². The molecule has 0 bridgehead atoms. The number of hydrogen-bond acceptors (Lipinski definition) is 2. The molecule has 0 atom stereocenters. The number of Topliss-reactive ketones (excluding diaryl/α,β-unsaturated/α-hetero) is 1. The summed E-state index contributed by atoms with van der Waals surface area (Å²) < 4.78 is 0. The molecule has 1 heterocycles. The summed E-state index contributed by atoms with van der Waals surface area (Å²) in [4.78, 5) is 12.4. The predicted molar refractivity (Wildman–Crippen MR) is 73.1 cm³/mol. The Morgan fingerprint density at radius 2 is 1.71 bits per heavy atom. The van der Waals surface area contributed by atoms with Crippen LogP contribution in [-0.4, -0.2) is 18.9 Å². The Morgan fingerprint density at radius 3 is 2.24 bits per heavy atom. The lowest BCUT2D eigenvalue weighted by molar-refractivity contribution is 0.0894. The molecule has 94 valence electrons. The lowest BCUT2D eigenvalue weighted by Crippen LogP contribution is -2.32. The number of ketones is 1. The normalized spacial score (nSPS) is 16.4. The van der Waals surface area contributed by atoms with Crippen molar-refractivity contribution in [2.45, 2.75) is 26.7 Å². The van der Waals surface area contributed by atoms with Crippen molar-refractivity contribution in [2.75, 3.05) is 13.1 Å². The van der Waals surface area contributed by atoms with Gasteiger partial charge in [-0.2, -0.15) is 0 Å². The molecule has 1 fully saturated rings. The van der Waals surface area contributed by atoms with Gasteiger partial charge in [0.15, 0.2) is 5.78 Å². The molecule has 17 heavy (non-hydrogen) atoms. The topological polar surface area (TPSA) is 29.1 Å². The van der Waals surface area contributed by atoms with Crippen LogP contribution >= 0.6 is 12.4 Å². The third-order valence-electron chi connectivity index (χ3n) is 3.44. The van der Waals surface area contributed by atoms with E-state index in [1.54, 1.807) is 0 Å². The Bertz CT molecular complexity index is 377. The molecule has 1 N–H and O–H groups in total. The zero-order valence-corrected chi connectivity index (χ0v) is 11.3. The second-order valence-electron chi connectivity index (χ2n) is 4.66. The van der Waals surface area contributed by atoms with E-state index in [2.05, 4.69) is 5.32 Å². The van der Waals surface area contributed by atoms with Crippen LogP contribution in [0.5, 0.6) is 0 Å². The Hall–Kier alpha value is -0.860. The van der Waals surface area contributed by atoms with Crippen LogP contribution in [0.4, 0.5) is 0 Å². The van der Waals surface area contributed by atoms with Gasteiger partial charge in [0, 0.05) is 11.5 Å². The van der Waals surface area contributed by atoms with Crippen LogP contribution in [0, 0.1) is 19.8 Å². The van der Waals surface area contributed by atoms with Gasteiger partial charge in [-0.25, -0.2) is 0 Å². The van der Waals surface area contributed by atoms with Crippen LogP contribution in [0.15, 0.2) is 18.2 Å². The molecule has 0 radical (unpaired) electrons. The predicted octanol–water partition coefficient (Wildman–Crippen LogP) is 2.91. The van der Waals surface area contributed by atoms with E-state index >= 15 is 0 Å². The molecule has 0 amide bonds. The molecule has 0 saturated carbocycles. The molecule has 1 aliphatic rings. The molecule has 0 spiro atoms. The van der Waals surface area contributed by atoms with E-state index in [1.807, 2.05) is 32.0 Å². The van der Waals surface area contributed by atoms with Crippen LogP contribution in [0.25, 0.3) is 0 Å². The number of rotatable bonds is 2. The molecule has 1 aliphatic heterocycles. The molecule has 1 aromatic rings. The zero-order valence-electron chi connectivity index (χ0n) is 10.5. The Kier molecular flexibility index (Phi) is 5.16. The van der Waals surface area contributed by atoms with Crippen molar-refractivity contribution < 1.29 is 4.79 Å². The highest BCUT2D eigenvalue weighted by atomic mass is 35.5. The molecular weight excluding hydrogens is 234 g/mol. The number of carbonyl (C=O) groups excluding carboxylic acids is 1. The molecule has 0 unspecified atom stereocenters. The summed E-state index contributed by atoms with van der Waals surface area (Å²) in [5.74, 6) is 0.568. The zero-order chi connectivity index (χ0) is 11.5. The quantitative estimate of drug-likeness (QED) is 0.822. The maximum Gasteiger partial charge on any atom is 0.166 e. The van der Waals surface area contributed by atoms with Crippen LogP contribution in [0.3, 0.4) is 0 Å². The molecule has 1 saturated heterocycles. The summed E-state index contributed by atoms with van der Waals surface area (Å²) in [5.41, 5.74) is 3.18. The highest BCUT2D eigenvalue weighted by molar-refractivity contribution is 6.00. The second kappa shape index (κ2) is 6.18. The van der Waals surface area contributed by atoms with E-state index in [0.717, 1.165) is 42.6 Å². The van der Waals surface area contributed by atoms with Crippen molar-refractivity contribution in [3.63, 3.8) is 0 Å². The van der Waals surface area contributed by atoms with Crippen molar-refractivity contribution in [1.82, 2.24) is 5.32 Å². The van der Waals surface area contributed by atoms with Gasteiger partial charge in [-0.15, -0.1) is 12.4 Å². The molecule has 2 nitrogen and oxygen atoms in total. The Morgan fingerprint density at radius 1 is 1.18 bits per heavy atom. The number of benzene rings is 1. The van der Waals surface area contributed by atoms with Crippen LogP contribution in [0.1, 0.15) is 34.3 Å². The molecule has 1 aromatic carbocycles. The van der Waals surface area contributed by atoms with E-state index in [1.165, 1.54) is 0 Å².